The van der Waals surface area contributed by atoms with Crippen molar-refractivity contribution in [3.05, 3.63) is 29.8 Å². The zero-order valence-electron chi connectivity index (χ0n) is 9.70. The zero-order valence-corrected chi connectivity index (χ0v) is 9.70. The molecule has 100 valence electrons. The minimum Gasteiger partial charge on any atom is -0.481 e. The third kappa shape index (κ3) is 4.65. The molecule has 6 heteroatoms. The van der Waals surface area contributed by atoms with Crippen LogP contribution in [0.3, 0.4) is 0 Å². The van der Waals surface area contributed by atoms with Gasteiger partial charge < -0.3 is 9.84 Å². The second kappa shape index (κ2) is 5.75. The van der Waals surface area contributed by atoms with Crippen LogP contribution in [-0.4, -0.2) is 17.4 Å². The molecule has 0 aliphatic heterocycles. The van der Waals surface area contributed by atoms with E-state index in [0.717, 1.165) is 0 Å². The first-order valence-electron chi connectivity index (χ1n) is 5.39. The van der Waals surface area contributed by atoms with Crippen LogP contribution in [0.1, 0.15) is 18.9 Å². The number of benzene rings is 1. The molecule has 1 atom stereocenters. The summed E-state index contributed by atoms with van der Waals surface area (Å²) in [6.07, 6.45) is -4.14. The Morgan fingerprint density at radius 2 is 2.11 bits per heavy atom. The number of alkyl halides is 3. The highest BCUT2D eigenvalue weighted by atomic mass is 19.4. The predicted octanol–water partition coefficient (Wildman–Crippen LogP) is 3.24. The van der Waals surface area contributed by atoms with Crippen molar-refractivity contribution < 1.29 is 27.8 Å². The molecule has 0 heterocycles. The number of carboxylic acids is 1. The third-order valence-corrected chi connectivity index (χ3v) is 2.46. The number of carbonyl (C=O) groups is 1. The summed E-state index contributed by atoms with van der Waals surface area (Å²) in [5, 5.41) is 8.88. The summed E-state index contributed by atoms with van der Waals surface area (Å²) in [6.45, 7) is 1.72. The van der Waals surface area contributed by atoms with Gasteiger partial charge in [0, 0.05) is 0 Å². The number of hydrogen-bond donors (Lipinski definition) is 1. The molecule has 0 aliphatic carbocycles. The van der Waals surface area contributed by atoms with Crippen molar-refractivity contribution >= 4 is 5.97 Å². The van der Waals surface area contributed by atoms with E-state index in [4.69, 9.17) is 5.11 Å². The van der Waals surface area contributed by atoms with Crippen LogP contribution >= 0.6 is 0 Å². The Kier molecular flexibility index (Phi) is 4.58. The minimum absolute atomic E-state index is 0.181. The van der Waals surface area contributed by atoms with Gasteiger partial charge in [-0.05, 0) is 30.5 Å². The molecule has 0 spiro atoms. The van der Waals surface area contributed by atoms with Crippen molar-refractivity contribution in [2.24, 2.45) is 5.92 Å². The number of carboxylic acid groups (broad SMARTS) is 1. The maximum absolute atomic E-state index is 12.0. The largest absolute Gasteiger partial charge is 0.573 e. The fraction of sp³-hybridized carbons (Fsp3) is 0.417. The van der Waals surface area contributed by atoms with E-state index in [9.17, 15) is 18.0 Å². The van der Waals surface area contributed by atoms with Crippen LogP contribution in [0.2, 0.25) is 0 Å². The maximum Gasteiger partial charge on any atom is 0.573 e. The van der Waals surface area contributed by atoms with E-state index < -0.39 is 18.2 Å². The highest BCUT2D eigenvalue weighted by Crippen LogP contribution is 2.24. The van der Waals surface area contributed by atoms with Crippen molar-refractivity contribution in [3.8, 4) is 5.75 Å². The molecular formula is C12H13F3O3. The summed E-state index contributed by atoms with van der Waals surface area (Å²) in [6, 6.07) is 5.37. The van der Waals surface area contributed by atoms with E-state index in [-0.39, 0.29) is 12.2 Å². The van der Waals surface area contributed by atoms with Crippen molar-refractivity contribution in [1.82, 2.24) is 0 Å². The molecule has 1 aromatic carbocycles. The van der Waals surface area contributed by atoms with Crippen LogP contribution in [0.25, 0.3) is 0 Å². The van der Waals surface area contributed by atoms with Gasteiger partial charge in [0.15, 0.2) is 0 Å². The zero-order chi connectivity index (χ0) is 13.8. The van der Waals surface area contributed by atoms with Crippen LogP contribution in [0, 0.1) is 5.92 Å². The summed E-state index contributed by atoms with van der Waals surface area (Å²) in [4.78, 5) is 10.8. The molecular weight excluding hydrogens is 249 g/mol. The van der Waals surface area contributed by atoms with Crippen molar-refractivity contribution in [2.45, 2.75) is 26.1 Å². The molecule has 0 aromatic heterocycles. The van der Waals surface area contributed by atoms with Crippen molar-refractivity contribution in [1.29, 1.82) is 0 Å². The molecule has 1 rings (SSSR count). The van der Waals surface area contributed by atoms with Crippen molar-refractivity contribution in [2.75, 3.05) is 0 Å². The topological polar surface area (TPSA) is 46.5 Å². The molecule has 0 saturated heterocycles. The monoisotopic (exact) mass is 262 g/mol. The Morgan fingerprint density at radius 1 is 1.44 bits per heavy atom. The van der Waals surface area contributed by atoms with E-state index >= 15 is 0 Å². The number of rotatable bonds is 5. The lowest BCUT2D eigenvalue weighted by atomic mass is 9.97. The van der Waals surface area contributed by atoms with Gasteiger partial charge in [-0.25, -0.2) is 0 Å². The first-order valence-corrected chi connectivity index (χ1v) is 5.39. The average Bonchev–Trinajstić information content (AvgIpc) is 2.23. The lowest BCUT2D eigenvalue weighted by Gasteiger charge is -2.12. The number of aliphatic carboxylic acids is 1. The highest BCUT2D eigenvalue weighted by molar-refractivity contribution is 5.70. The van der Waals surface area contributed by atoms with Gasteiger partial charge in [-0.15, -0.1) is 13.2 Å². The molecule has 1 unspecified atom stereocenters. The van der Waals surface area contributed by atoms with E-state index in [2.05, 4.69) is 4.74 Å². The van der Waals surface area contributed by atoms with Gasteiger partial charge in [0.05, 0.1) is 5.92 Å². The molecule has 0 saturated carbocycles. The first-order chi connectivity index (χ1) is 8.31. The highest BCUT2D eigenvalue weighted by Gasteiger charge is 2.31. The molecule has 18 heavy (non-hydrogen) atoms. The van der Waals surface area contributed by atoms with Crippen LogP contribution < -0.4 is 4.74 Å². The molecule has 0 bridgehead atoms. The quantitative estimate of drug-likeness (QED) is 0.886. The number of halogens is 3. The Balaban J connectivity index is 2.79. The fourth-order valence-corrected chi connectivity index (χ4v) is 1.56. The summed E-state index contributed by atoms with van der Waals surface area (Å²) in [5.41, 5.74) is 0.506. The smallest absolute Gasteiger partial charge is 0.481 e. The molecule has 0 aliphatic rings. The maximum atomic E-state index is 12.0. The summed E-state index contributed by atoms with van der Waals surface area (Å²) in [7, 11) is 0. The van der Waals surface area contributed by atoms with Gasteiger partial charge in [0.25, 0.3) is 0 Å². The number of hydrogen-bond acceptors (Lipinski definition) is 2. The van der Waals surface area contributed by atoms with Crippen LogP contribution in [0.5, 0.6) is 5.75 Å². The fourth-order valence-electron chi connectivity index (χ4n) is 1.56. The third-order valence-electron chi connectivity index (χ3n) is 2.46. The summed E-state index contributed by atoms with van der Waals surface area (Å²) < 4.78 is 39.8. The average molecular weight is 262 g/mol. The van der Waals surface area contributed by atoms with Crippen LogP contribution in [0.15, 0.2) is 24.3 Å². The molecule has 1 aromatic rings. The van der Waals surface area contributed by atoms with E-state index in [0.29, 0.717) is 12.0 Å². The Labute approximate surface area is 102 Å². The van der Waals surface area contributed by atoms with Crippen LogP contribution in [-0.2, 0) is 11.2 Å². The summed E-state index contributed by atoms with van der Waals surface area (Å²) in [5.74, 6) is -1.90. The SMILES string of the molecule is CCC(Cc1cccc(OC(F)(F)F)c1)C(=O)O. The molecule has 0 radical (unpaired) electrons. The predicted molar refractivity (Wildman–Crippen MR) is 58.2 cm³/mol. The van der Waals surface area contributed by atoms with Gasteiger partial charge in [0.2, 0.25) is 0 Å². The Hall–Kier alpha value is -1.72. The van der Waals surface area contributed by atoms with Gasteiger partial charge in [-0.1, -0.05) is 19.1 Å². The van der Waals surface area contributed by atoms with Gasteiger partial charge >= 0.3 is 12.3 Å². The van der Waals surface area contributed by atoms with E-state index in [1.54, 1.807) is 13.0 Å². The lowest BCUT2D eigenvalue weighted by molar-refractivity contribution is -0.274. The first kappa shape index (κ1) is 14.3. The minimum atomic E-state index is -4.74. The van der Waals surface area contributed by atoms with Crippen molar-refractivity contribution in [3.63, 3.8) is 0 Å². The van der Waals surface area contributed by atoms with E-state index in [1.165, 1.54) is 18.2 Å². The van der Waals surface area contributed by atoms with Crippen LogP contribution in [0.4, 0.5) is 13.2 Å². The normalized spacial score (nSPS) is 13.1. The number of ether oxygens (including phenoxy) is 1. The molecule has 0 fully saturated rings. The molecule has 3 nitrogen and oxygen atoms in total. The van der Waals surface area contributed by atoms with Gasteiger partial charge in [-0.2, -0.15) is 0 Å². The lowest BCUT2D eigenvalue weighted by Crippen LogP contribution is -2.18. The van der Waals surface area contributed by atoms with Gasteiger partial charge in [-0.3, -0.25) is 4.79 Å². The summed E-state index contributed by atoms with van der Waals surface area (Å²) >= 11 is 0. The van der Waals surface area contributed by atoms with Gasteiger partial charge in [0.1, 0.15) is 5.75 Å². The second-order valence-corrected chi connectivity index (χ2v) is 3.84. The second-order valence-electron chi connectivity index (χ2n) is 3.84. The van der Waals surface area contributed by atoms with E-state index in [1.807, 2.05) is 0 Å². The standard InChI is InChI=1S/C12H13F3O3/c1-2-9(11(16)17)6-8-4-3-5-10(7-8)18-12(13,14)15/h3-5,7,9H,2,6H2,1H3,(H,16,17). The Morgan fingerprint density at radius 3 is 2.61 bits per heavy atom. The molecule has 1 N–H and O–H groups in total. The Bertz CT molecular complexity index is 415. The molecule has 0 amide bonds.